The van der Waals surface area contributed by atoms with Crippen LogP contribution in [0.25, 0.3) is 10.8 Å². The molecular weight excluding hydrogens is 208 g/mol. The molecule has 3 heteroatoms. The highest BCUT2D eigenvalue weighted by Gasteiger charge is 1.97. The molecule has 2 aromatic rings. The Morgan fingerprint density at radius 2 is 1.73 bits per heavy atom. The molecule has 2 aromatic carbocycles. The Morgan fingerprint density at radius 3 is 2.53 bits per heavy atom. The Labute approximate surface area is 95.9 Å². The molecule has 0 saturated carbocycles. The first-order chi connectivity index (χ1) is 6.92. The fourth-order valence-electron chi connectivity index (χ4n) is 1.59. The molecule has 2 nitrogen and oxygen atoms in total. The molecule has 0 spiro atoms. The second-order valence-corrected chi connectivity index (χ2v) is 3.24. The lowest BCUT2D eigenvalue weighted by Gasteiger charge is -2.08. The van der Waals surface area contributed by atoms with E-state index >= 15 is 0 Å². The lowest BCUT2D eigenvalue weighted by molar-refractivity contribution is 1.03. The molecule has 3 N–H and O–H groups in total. The predicted molar refractivity (Wildman–Crippen MR) is 68.7 cm³/mol. The normalized spacial score (nSPS) is 9.67. The number of hydrogen-bond acceptors (Lipinski definition) is 2. The molecule has 80 valence electrons. The van der Waals surface area contributed by atoms with Crippen LogP contribution in [0, 0.1) is 0 Å². The van der Waals surface area contributed by atoms with Crippen molar-refractivity contribution in [1.82, 2.24) is 0 Å². The van der Waals surface area contributed by atoms with Gasteiger partial charge in [0.1, 0.15) is 0 Å². The summed E-state index contributed by atoms with van der Waals surface area (Å²) in [5.41, 5.74) is 6.62. The van der Waals surface area contributed by atoms with Crippen LogP contribution in [0.4, 0.5) is 5.69 Å². The Morgan fingerprint density at radius 1 is 1.00 bits per heavy atom. The van der Waals surface area contributed by atoms with Crippen LogP contribution in [0.2, 0.25) is 0 Å². The highest BCUT2D eigenvalue weighted by Crippen LogP contribution is 2.22. The standard InChI is InChI=1S/C12H14N2.ClH/c13-8-9-14-12-7-3-5-10-4-1-2-6-11(10)12;/h1-7,14H,8-9,13H2;1H. The predicted octanol–water partition coefficient (Wildman–Crippen LogP) is 2.63. The monoisotopic (exact) mass is 222 g/mol. The first-order valence-corrected chi connectivity index (χ1v) is 4.83. The molecule has 0 heterocycles. The summed E-state index contributed by atoms with van der Waals surface area (Å²) in [6.07, 6.45) is 0. The molecule has 15 heavy (non-hydrogen) atoms. The van der Waals surface area contributed by atoms with E-state index in [0.717, 1.165) is 12.2 Å². The molecule has 0 aliphatic carbocycles. The van der Waals surface area contributed by atoms with Gasteiger partial charge in [-0.3, -0.25) is 0 Å². The number of hydrogen-bond donors (Lipinski definition) is 2. The van der Waals surface area contributed by atoms with E-state index in [1.54, 1.807) is 0 Å². The molecule has 0 radical (unpaired) electrons. The van der Waals surface area contributed by atoms with Crippen LogP contribution in [0.1, 0.15) is 0 Å². The Bertz CT molecular complexity index is 423. The van der Waals surface area contributed by atoms with Crippen molar-refractivity contribution in [3.63, 3.8) is 0 Å². The number of benzene rings is 2. The zero-order valence-corrected chi connectivity index (χ0v) is 9.26. The summed E-state index contributed by atoms with van der Waals surface area (Å²) < 4.78 is 0. The maximum atomic E-state index is 5.46. The highest BCUT2D eigenvalue weighted by atomic mass is 35.5. The van der Waals surface area contributed by atoms with Gasteiger partial charge in [-0.25, -0.2) is 0 Å². The average Bonchev–Trinajstić information content (AvgIpc) is 2.26. The van der Waals surface area contributed by atoms with Crippen LogP contribution in [-0.2, 0) is 0 Å². The van der Waals surface area contributed by atoms with Gasteiger partial charge in [-0.15, -0.1) is 12.4 Å². The van der Waals surface area contributed by atoms with E-state index < -0.39 is 0 Å². The number of nitrogens with one attached hydrogen (secondary N) is 1. The van der Waals surface area contributed by atoms with Crippen LogP contribution in [0.5, 0.6) is 0 Å². The summed E-state index contributed by atoms with van der Waals surface area (Å²) in [4.78, 5) is 0. The SMILES string of the molecule is Cl.NCCNc1cccc2ccccc12. The summed E-state index contributed by atoms with van der Waals surface area (Å²) in [6.45, 7) is 1.47. The molecule has 0 bridgehead atoms. The van der Waals surface area contributed by atoms with E-state index in [1.807, 2.05) is 0 Å². The van der Waals surface area contributed by atoms with Crippen LogP contribution in [0.3, 0.4) is 0 Å². The van der Waals surface area contributed by atoms with E-state index in [9.17, 15) is 0 Å². The average molecular weight is 223 g/mol. The van der Waals surface area contributed by atoms with Crippen LogP contribution in [-0.4, -0.2) is 13.1 Å². The molecule has 0 fully saturated rings. The second-order valence-electron chi connectivity index (χ2n) is 3.24. The lowest BCUT2D eigenvalue weighted by atomic mass is 10.1. The first-order valence-electron chi connectivity index (χ1n) is 4.83. The van der Waals surface area contributed by atoms with Gasteiger partial charge in [0.15, 0.2) is 0 Å². The van der Waals surface area contributed by atoms with Gasteiger partial charge in [0.2, 0.25) is 0 Å². The minimum absolute atomic E-state index is 0. The molecule has 0 aliphatic heterocycles. The molecule has 0 aromatic heterocycles. The van der Waals surface area contributed by atoms with E-state index in [1.165, 1.54) is 10.8 Å². The topological polar surface area (TPSA) is 38.0 Å². The minimum Gasteiger partial charge on any atom is -0.383 e. The molecule has 0 aliphatic rings. The third-order valence-electron chi connectivity index (χ3n) is 2.25. The Hall–Kier alpha value is -1.25. The van der Waals surface area contributed by atoms with Crippen molar-refractivity contribution in [1.29, 1.82) is 0 Å². The number of halogens is 1. The number of fused-ring (bicyclic) bond motifs is 1. The van der Waals surface area contributed by atoms with Crippen molar-refractivity contribution in [2.24, 2.45) is 5.73 Å². The van der Waals surface area contributed by atoms with E-state index in [0.29, 0.717) is 6.54 Å². The third kappa shape index (κ3) is 2.61. The summed E-state index contributed by atoms with van der Waals surface area (Å²) in [5.74, 6) is 0. The highest BCUT2D eigenvalue weighted by molar-refractivity contribution is 5.93. The fourth-order valence-corrected chi connectivity index (χ4v) is 1.59. The van der Waals surface area contributed by atoms with Crippen LogP contribution >= 0.6 is 12.4 Å². The zero-order valence-electron chi connectivity index (χ0n) is 8.44. The van der Waals surface area contributed by atoms with Gasteiger partial charge in [0.25, 0.3) is 0 Å². The zero-order chi connectivity index (χ0) is 9.80. The lowest BCUT2D eigenvalue weighted by Crippen LogP contribution is -2.13. The summed E-state index contributed by atoms with van der Waals surface area (Å²) >= 11 is 0. The summed E-state index contributed by atoms with van der Waals surface area (Å²) in [6, 6.07) is 14.6. The second kappa shape index (κ2) is 5.59. The number of rotatable bonds is 3. The smallest absolute Gasteiger partial charge is 0.0420 e. The molecule has 0 atom stereocenters. The van der Waals surface area contributed by atoms with Crippen LogP contribution in [0.15, 0.2) is 42.5 Å². The Balaban J connectivity index is 0.00000112. The molecule has 2 rings (SSSR count). The van der Waals surface area contributed by atoms with Gasteiger partial charge >= 0.3 is 0 Å². The van der Waals surface area contributed by atoms with Crippen molar-refractivity contribution in [2.45, 2.75) is 0 Å². The van der Waals surface area contributed by atoms with Crippen LogP contribution < -0.4 is 11.1 Å². The third-order valence-corrected chi connectivity index (χ3v) is 2.25. The van der Waals surface area contributed by atoms with E-state index in [4.69, 9.17) is 5.73 Å². The maximum Gasteiger partial charge on any atom is 0.0420 e. The first kappa shape index (κ1) is 11.8. The van der Waals surface area contributed by atoms with Gasteiger partial charge in [-0.1, -0.05) is 36.4 Å². The number of nitrogens with two attached hydrogens (primary N) is 1. The molecule has 0 unspecified atom stereocenters. The van der Waals surface area contributed by atoms with E-state index in [-0.39, 0.29) is 12.4 Å². The van der Waals surface area contributed by atoms with Gasteiger partial charge in [-0.05, 0) is 11.5 Å². The molecule has 0 saturated heterocycles. The van der Waals surface area contributed by atoms with Gasteiger partial charge < -0.3 is 11.1 Å². The van der Waals surface area contributed by atoms with Crippen molar-refractivity contribution >= 4 is 28.9 Å². The minimum atomic E-state index is 0. The molecular formula is C12H15ClN2. The van der Waals surface area contributed by atoms with Crippen molar-refractivity contribution in [2.75, 3.05) is 18.4 Å². The Kier molecular flexibility index (Phi) is 4.40. The van der Waals surface area contributed by atoms with Crippen molar-refractivity contribution in [3.8, 4) is 0 Å². The fraction of sp³-hybridized carbons (Fsp3) is 0.167. The molecule has 0 amide bonds. The van der Waals surface area contributed by atoms with E-state index in [2.05, 4.69) is 47.8 Å². The van der Waals surface area contributed by atoms with Gasteiger partial charge in [0.05, 0.1) is 0 Å². The van der Waals surface area contributed by atoms with Gasteiger partial charge in [0, 0.05) is 24.2 Å². The quantitative estimate of drug-likeness (QED) is 0.838. The summed E-state index contributed by atoms with van der Waals surface area (Å²) in [5, 5.41) is 5.82. The van der Waals surface area contributed by atoms with Crippen molar-refractivity contribution < 1.29 is 0 Å². The number of anilines is 1. The van der Waals surface area contributed by atoms with Gasteiger partial charge in [-0.2, -0.15) is 0 Å². The van der Waals surface area contributed by atoms with Crippen molar-refractivity contribution in [3.05, 3.63) is 42.5 Å². The summed E-state index contributed by atoms with van der Waals surface area (Å²) in [7, 11) is 0. The largest absolute Gasteiger partial charge is 0.383 e. The maximum absolute atomic E-state index is 5.46.